The molecule has 1 nitrogen and oxygen atoms in total. The lowest BCUT2D eigenvalue weighted by Gasteiger charge is -2.23. The summed E-state index contributed by atoms with van der Waals surface area (Å²) in [7, 11) is 2.01. The molecule has 0 aliphatic heterocycles. The Labute approximate surface area is 67.4 Å². The first-order valence-corrected chi connectivity index (χ1v) is 4.85. The second kappa shape index (κ2) is 5.09. The van der Waals surface area contributed by atoms with Crippen molar-refractivity contribution >= 4 is 9.39 Å². The van der Waals surface area contributed by atoms with Crippen molar-refractivity contribution in [2.45, 2.75) is 52.6 Å². The summed E-state index contributed by atoms with van der Waals surface area (Å²) in [6.07, 6.45) is 2.52. The fourth-order valence-electron chi connectivity index (χ4n) is 0.903. The van der Waals surface area contributed by atoms with Gasteiger partial charge in [-0.15, -0.1) is 0 Å². The lowest BCUT2D eigenvalue weighted by molar-refractivity contribution is 0.288. The Morgan fingerprint density at radius 2 is 1.40 bits per heavy atom. The minimum atomic E-state index is 0.744. The van der Waals surface area contributed by atoms with Crippen LogP contribution in [0.4, 0.5) is 0 Å². The van der Waals surface area contributed by atoms with Crippen LogP contribution in [0.5, 0.6) is 0 Å². The molecule has 0 radical (unpaired) electrons. The minimum absolute atomic E-state index is 0.744. The van der Waals surface area contributed by atoms with Gasteiger partial charge < -0.3 is 0 Å². The number of rotatable bonds is 4. The molecular weight excluding hydrogens is 141 g/mol. The highest BCUT2D eigenvalue weighted by Crippen LogP contribution is 2.15. The third kappa shape index (κ3) is 2.98. The van der Waals surface area contributed by atoms with Gasteiger partial charge >= 0.3 is 0 Å². The third-order valence-corrected chi connectivity index (χ3v) is 3.56. The second-order valence-electron chi connectivity index (χ2n) is 3.03. The SMILES string of the molecule is CCC(C)N([PH3+])C(C)CC. The Bertz CT molecular complexity index is 75.3. The second-order valence-corrected chi connectivity index (χ2v) is 3.76. The molecule has 0 rings (SSSR count). The van der Waals surface area contributed by atoms with E-state index in [0.29, 0.717) is 0 Å². The molecule has 3 atom stereocenters. The van der Waals surface area contributed by atoms with Gasteiger partial charge in [0.25, 0.3) is 0 Å². The first kappa shape index (κ1) is 10.4. The third-order valence-electron chi connectivity index (χ3n) is 2.31. The molecule has 62 valence electrons. The molecule has 0 N–H and O–H groups in total. The van der Waals surface area contributed by atoms with Crippen LogP contribution in [0.1, 0.15) is 40.5 Å². The topological polar surface area (TPSA) is 3.24 Å². The normalized spacial score (nSPS) is 17.7. The first-order valence-electron chi connectivity index (χ1n) is 4.22. The van der Waals surface area contributed by atoms with E-state index in [2.05, 4.69) is 32.4 Å². The fraction of sp³-hybridized carbons (Fsp3) is 1.00. The fourth-order valence-corrected chi connectivity index (χ4v) is 1.42. The van der Waals surface area contributed by atoms with Gasteiger partial charge in [0.15, 0.2) is 0 Å². The van der Waals surface area contributed by atoms with E-state index < -0.39 is 0 Å². The van der Waals surface area contributed by atoms with Crippen molar-refractivity contribution in [2.24, 2.45) is 0 Å². The van der Waals surface area contributed by atoms with Crippen LogP contribution in [0.2, 0.25) is 0 Å². The summed E-state index contributed by atoms with van der Waals surface area (Å²) in [6.45, 7) is 9.07. The summed E-state index contributed by atoms with van der Waals surface area (Å²) in [5.74, 6) is 0. The van der Waals surface area contributed by atoms with E-state index in [1.807, 2.05) is 9.39 Å². The van der Waals surface area contributed by atoms with Crippen molar-refractivity contribution < 1.29 is 0 Å². The van der Waals surface area contributed by atoms with Gasteiger partial charge in [-0.1, -0.05) is 13.8 Å². The van der Waals surface area contributed by atoms with Crippen LogP contribution in [-0.2, 0) is 0 Å². The molecule has 0 fully saturated rings. The Kier molecular flexibility index (Phi) is 5.29. The van der Waals surface area contributed by atoms with Crippen molar-refractivity contribution in [1.82, 2.24) is 4.67 Å². The van der Waals surface area contributed by atoms with Gasteiger partial charge in [-0.05, 0) is 26.7 Å². The molecular formula is C8H21NP+. The maximum Gasteiger partial charge on any atom is 0.0438 e. The van der Waals surface area contributed by atoms with Crippen LogP contribution in [0, 0.1) is 0 Å². The molecule has 0 amide bonds. The molecule has 0 bridgehead atoms. The standard InChI is InChI=1S/C8H20NP/c1-5-7(3)9(10)8(4)6-2/h7-8H,5-6,10H2,1-4H3/p+1. The van der Waals surface area contributed by atoms with Gasteiger partial charge in [0.05, 0.1) is 0 Å². The number of hydrogen-bond acceptors (Lipinski definition) is 1. The summed E-state index contributed by atoms with van der Waals surface area (Å²) >= 11 is 0. The van der Waals surface area contributed by atoms with Crippen LogP contribution in [0.15, 0.2) is 0 Å². The lowest BCUT2D eigenvalue weighted by atomic mass is 10.2. The van der Waals surface area contributed by atoms with Crippen molar-refractivity contribution in [2.75, 3.05) is 0 Å². The van der Waals surface area contributed by atoms with Gasteiger partial charge in [-0.3, -0.25) is 0 Å². The summed E-state index contributed by atoms with van der Waals surface area (Å²) in [5.41, 5.74) is 0. The lowest BCUT2D eigenvalue weighted by Crippen LogP contribution is -2.30. The van der Waals surface area contributed by atoms with Gasteiger partial charge in [0.2, 0.25) is 0 Å². The molecule has 0 aliphatic rings. The molecule has 3 unspecified atom stereocenters. The summed E-state index contributed by atoms with van der Waals surface area (Å²) in [4.78, 5) is 0. The van der Waals surface area contributed by atoms with E-state index in [-0.39, 0.29) is 0 Å². The zero-order valence-corrected chi connectivity index (χ0v) is 9.14. The van der Waals surface area contributed by atoms with Gasteiger partial charge in [-0.25, -0.2) is 0 Å². The monoisotopic (exact) mass is 162 g/mol. The predicted molar refractivity (Wildman–Crippen MR) is 52.5 cm³/mol. The molecule has 10 heavy (non-hydrogen) atoms. The van der Waals surface area contributed by atoms with Crippen LogP contribution < -0.4 is 0 Å². The Morgan fingerprint density at radius 1 is 1.10 bits per heavy atom. The Hall–Kier alpha value is 0.390. The summed E-state index contributed by atoms with van der Waals surface area (Å²) in [5, 5.41) is 0. The summed E-state index contributed by atoms with van der Waals surface area (Å²) < 4.78 is 2.47. The molecule has 0 aromatic heterocycles. The maximum absolute atomic E-state index is 2.47. The van der Waals surface area contributed by atoms with Crippen LogP contribution in [0.25, 0.3) is 0 Å². The van der Waals surface area contributed by atoms with Crippen molar-refractivity contribution in [3.8, 4) is 0 Å². The van der Waals surface area contributed by atoms with E-state index in [0.717, 1.165) is 12.1 Å². The quantitative estimate of drug-likeness (QED) is 0.574. The number of nitrogens with zero attached hydrogens (tertiary/aromatic N) is 1. The molecule has 0 aliphatic carbocycles. The molecule has 0 saturated carbocycles. The largest absolute Gasteiger partial charge is 0.182 e. The van der Waals surface area contributed by atoms with Gasteiger partial charge in [0.1, 0.15) is 0 Å². The highest BCUT2D eigenvalue weighted by molar-refractivity contribution is 7.13. The Morgan fingerprint density at radius 3 is 1.60 bits per heavy atom. The molecule has 0 aromatic carbocycles. The first-order chi connectivity index (χ1) is 4.63. The van der Waals surface area contributed by atoms with E-state index in [4.69, 9.17) is 0 Å². The zero-order valence-electron chi connectivity index (χ0n) is 7.72. The van der Waals surface area contributed by atoms with Crippen LogP contribution in [0.3, 0.4) is 0 Å². The van der Waals surface area contributed by atoms with Crippen molar-refractivity contribution in [1.29, 1.82) is 0 Å². The van der Waals surface area contributed by atoms with Gasteiger partial charge in [0, 0.05) is 21.5 Å². The molecule has 0 heterocycles. The van der Waals surface area contributed by atoms with E-state index in [1.165, 1.54) is 12.8 Å². The highest BCUT2D eigenvalue weighted by atomic mass is 31.0. The van der Waals surface area contributed by atoms with Crippen molar-refractivity contribution in [3.05, 3.63) is 0 Å². The molecule has 0 aromatic rings. The molecule has 2 heteroatoms. The van der Waals surface area contributed by atoms with Gasteiger partial charge in [-0.2, -0.15) is 4.67 Å². The van der Waals surface area contributed by atoms with Crippen LogP contribution >= 0.6 is 9.39 Å². The van der Waals surface area contributed by atoms with Crippen molar-refractivity contribution in [3.63, 3.8) is 0 Å². The highest BCUT2D eigenvalue weighted by Gasteiger charge is 2.15. The number of hydrogen-bond donors (Lipinski definition) is 0. The predicted octanol–water partition coefficient (Wildman–Crippen LogP) is 2.41. The smallest absolute Gasteiger partial charge is 0.0438 e. The zero-order chi connectivity index (χ0) is 8.15. The Balaban J connectivity index is 3.69. The van der Waals surface area contributed by atoms with E-state index >= 15 is 0 Å². The minimum Gasteiger partial charge on any atom is -0.182 e. The van der Waals surface area contributed by atoms with E-state index in [1.54, 1.807) is 0 Å². The average Bonchev–Trinajstić information content (AvgIpc) is 2.00. The maximum atomic E-state index is 2.47. The van der Waals surface area contributed by atoms with E-state index in [9.17, 15) is 0 Å². The average molecular weight is 162 g/mol. The summed E-state index contributed by atoms with van der Waals surface area (Å²) in [6, 6.07) is 1.49. The molecule has 0 spiro atoms. The molecule has 0 saturated heterocycles. The van der Waals surface area contributed by atoms with Crippen LogP contribution in [-0.4, -0.2) is 16.8 Å².